The second-order valence-electron chi connectivity index (χ2n) is 4.55. The molecule has 19 heavy (non-hydrogen) atoms. The third-order valence-electron chi connectivity index (χ3n) is 3.30. The Morgan fingerprint density at radius 1 is 1.68 bits per heavy atom. The zero-order valence-electron chi connectivity index (χ0n) is 10.7. The number of rotatable bonds is 4. The summed E-state index contributed by atoms with van der Waals surface area (Å²) < 4.78 is 1.25. The molecule has 0 aliphatic heterocycles. The number of anilines is 1. The Labute approximate surface area is 121 Å². The fraction of sp³-hybridized carbons (Fsp3) is 0.538. The van der Waals surface area contributed by atoms with Gasteiger partial charge in [-0.2, -0.15) is 16.9 Å². The minimum Gasteiger partial charge on any atom is -0.376 e. The van der Waals surface area contributed by atoms with Crippen LogP contribution >= 0.6 is 23.4 Å². The summed E-state index contributed by atoms with van der Waals surface area (Å²) in [4.78, 5) is 12.2. The lowest BCUT2D eigenvalue weighted by Gasteiger charge is -2.15. The molecule has 0 bridgehead atoms. The van der Waals surface area contributed by atoms with Crippen LogP contribution in [0.3, 0.4) is 0 Å². The van der Waals surface area contributed by atoms with Crippen molar-refractivity contribution in [3.05, 3.63) is 21.6 Å². The molecule has 6 heteroatoms. The van der Waals surface area contributed by atoms with Crippen molar-refractivity contribution in [1.82, 2.24) is 9.78 Å². The van der Waals surface area contributed by atoms with E-state index in [1.54, 1.807) is 0 Å². The maximum atomic E-state index is 12.2. The van der Waals surface area contributed by atoms with Gasteiger partial charge in [-0.15, -0.1) is 6.42 Å². The summed E-state index contributed by atoms with van der Waals surface area (Å²) in [5.41, 5.74) is 0.164. The van der Waals surface area contributed by atoms with Crippen LogP contribution in [-0.4, -0.2) is 27.3 Å². The first-order chi connectivity index (χ1) is 9.15. The maximum absolute atomic E-state index is 12.2. The molecule has 1 aliphatic rings. The van der Waals surface area contributed by atoms with E-state index in [4.69, 9.17) is 18.0 Å². The third-order valence-corrected chi connectivity index (χ3v) is 4.69. The highest BCUT2D eigenvalue weighted by molar-refractivity contribution is 7.99. The first-order valence-corrected chi connectivity index (χ1v) is 7.80. The number of thioether (sulfide) groups is 1. The maximum Gasteiger partial charge on any atom is 0.292 e. The molecule has 1 heterocycles. The Morgan fingerprint density at radius 3 is 3.11 bits per heavy atom. The van der Waals surface area contributed by atoms with Crippen molar-refractivity contribution in [2.45, 2.75) is 37.1 Å². The summed E-state index contributed by atoms with van der Waals surface area (Å²) in [6.07, 6.45) is 12.1. The van der Waals surface area contributed by atoms with Gasteiger partial charge in [0, 0.05) is 11.3 Å². The van der Waals surface area contributed by atoms with Crippen molar-refractivity contribution in [2.24, 2.45) is 0 Å². The largest absolute Gasteiger partial charge is 0.376 e. The number of nitrogens with zero attached hydrogens (tertiary/aromatic N) is 2. The zero-order chi connectivity index (χ0) is 13.8. The number of nitrogens with one attached hydrogen (secondary N) is 1. The van der Waals surface area contributed by atoms with Crippen molar-refractivity contribution in [3.63, 3.8) is 0 Å². The van der Waals surface area contributed by atoms with Crippen molar-refractivity contribution >= 4 is 29.1 Å². The Bertz CT molecular complexity index is 552. The molecule has 1 aliphatic carbocycles. The second-order valence-corrected chi connectivity index (χ2v) is 6.09. The normalized spacial score (nSPS) is 22.2. The smallest absolute Gasteiger partial charge is 0.292 e. The van der Waals surface area contributed by atoms with Gasteiger partial charge in [-0.3, -0.25) is 4.79 Å². The van der Waals surface area contributed by atoms with Crippen LogP contribution in [0.2, 0.25) is 5.02 Å². The van der Waals surface area contributed by atoms with Gasteiger partial charge in [0.25, 0.3) is 5.56 Å². The van der Waals surface area contributed by atoms with Crippen LogP contribution in [0, 0.1) is 12.3 Å². The van der Waals surface area contributed by atoms with Gasteiger partial charge >= 0.3 is 0 Å². The van der Waals surface area contributed by atoms with Crippen molar-refractivity contribution in [2.75, 3.05) is 11.6 Å². The van der Waals surface area contributed by atoms with Gasteiger partial charge < -0.3 is 5.32 Å². The Kier molecular flexibility index (Phi) is 4.78. The van der Waals surface area contributed by atoms with E-state index in [1.807, 2.05) is 11.8 Å². The SMILES string of the molecule is C#CCn1ncc(Cl)c(NC2CCC(SC)C2)c1=O. The van der Waals surface area contributed by atoms with Crippen LogP contribution in [0.25, 0.3) is 0 Å². The average Bonchev–Trinajstić information content (AvgIpc) is 2.86. The molecule has 102 valence electrons. The first kappa shape index (κ1) is 14.3. The van der Waals surface area contributed by atoms with E-state index in [0.29, 0.717) is 22.0 Å². The fourth-order valence-electron chi connectivity index (χ4n) is 2.29. The van der Waals surface area contributed by atoms with Gasteiger partial charge in [0.05, 0.1) is 11.2 Å². The number of halogens is 1. The van der Waals surface area contributed by atoms with Gasteiger partial charge in [0.15, 0.2) is 0 Å². The van der Waals surface area contributed by atoms with Crippen LogP contribution in [0.15, 0.2) is 11.0 Å². The van der Waals surface area contributed by atoms with E-state index in [9.17, 15) is 4.79 Å². The standard InChI is InChI=1S/C13H16ClN3OS/c1-3-6-17-13(18)12(11(14)8-15-17)16-9-4-5-10(7-9)19-2/h1,8-10,16H,4-7H2,2H3. The number of hydrogen-bond donors (Lipinski definition) is 1. The topological polar surface area (TPSA) is 46.9 Å². The predicted molar refractivity (Wildman–Crippen MR) is 80.9 cm³/mol. The monoisotopic (exact) mass is 297 g/mol. The molecule has 1 fully saturated rings. The van der Waals surface area contributed by atoms with Crippen LogP contribution in [0.5, 0.6) is 0 Å². The number of hydrogen-bond acceptors (Lipinski definition) is 4. The minimum absolute atomic E-state index is 0.156. The Balaban J connectivity index is 2.18. The second kappa shape index (κ2) is 6.36. The molecule has 0 spiro atoms. The molecule has 1 aromatic rings. The molecule has 0 aromatic carbocycles. The van der Waals surface area contributed by atoms with Crippen molar-refractivity contribution in [1.29, 1.82) is 0 Å². The summed E-state index contributed by atoms with van der Waals surface area (Å²) in [6, 6.07) is 0.296. The molecular formula is C13H16ClN3OS. The van der Waals surface area contributed by atoms with Crippen LogP contribution < -0.4 is 10.9 Å². The quantitative estimate of drug-likeness (QED) is 0.866. The number of aromatic nitrogens is 2. The first-order valence-electron chi connectivity index (χ1n) is 6.14. The van der Waals surface area contributed by atoms with Gasteiger partial charge in [0.2, 0.25) is 0 Å². The van der Waals surface area contributed by atoms with Gasteiger partial charge in [-0.1, -0.05) is 17.5 Å². The molecule has 1 saturated carbocycles. The van der Waals surface area contributed by atoms with Crippen molar-refractivity contribution in [3.8, 4) is 12.3 Å². The van der Waals surface area contributed by atoms with E-state index >= 15 is 0 Å². The van der Waals surface area contributed by atoms with Gasteiger partial charge in [-0.05, 0) is 25.5 Å². The van der Waals surface area contributed by atoms with E-state index in [2.05, 4.69) is 22.6 Å². The van der Waals surface area contributed by atoms with Gasteiger partial charge in [0.1, 0.15) is 12.2 Å². The van der Waals surface area contributed by atoms with E-state index < -0.39 is 0 Å². The lowest BCUT2D eigenvalue weighted by atomic mass is 10.2. The molecular weight excluding hydrogens is 282 g/mol. The molecule has 2 unspecified atom stereocenters. The van der Waals surface area contributed by atoms with Crippen LogP contribution in [0.4, 0.5) is 5.69 Å². The molecule has 0 amide bonds. The Morgan fingerprint density at radius 2 is 2.47 bits per heavy atom. The van der Waals surface area contributed by atoms with Gasteiger partial charge in [-0.25, -0.2) is 4.68 Å². The highest BCUT2D eigenvalue weighted by Gasteiger charge is 2.25. The summed E-state index contributed by atoms with van der Waals surface area (Å²) in [5, 5.41) is 8.18. The molecule has 4 nitrogen and oxygen atoms in total. The summed E-state index contributed by atoms with van der Waals surface area (Å²) in [5.74, 6) is 2.41. The van der Waals surface area contributed by atoms with Crippen molar-refractivity contribution < 1.29 is 0 Å². The fourth-order valence-corrected chi connectivity index (χ4v) is 3.26. The third kappa shape index (κ3) is 3.26. The zero-order valence-corrected chi connectivity index (χ0v) is 12.3. The van der Waals surface area contributed by atoms with E-state index in [0.717, 1.165) is 12.8 Å². The summed E-state index contributed by atoms with van der Waals surface area (Å²) in [7, 11) is 0. The molecule has 2 rings (SSSR count). The Hall–Kier alpha value is -1.12. The average molecular weight is 298 g/mol. The molecule has 1 N–H and O–H groups in total. The van der Waals surface area contributed by atoms with E-state index in [1.165, 1.54) is 17.3 Å². The molecule has 2 atom stereocenters. The highest BCUT2D eigenvalue weighted by Crippen LogP contribution is 2.30. The summed E-state index contributed by atoms with van der Waals surface area (Å²) >= 11 is 7.93. The van der Waals surface area contributed by atoms with Crippen LogP contribution in [0.1, 0.15) is 19.3 Å². The van der Waals surface area contributed by atoms with E-state index in [-0.39, 0.29) is 12.1 Å². The summed E-state index contributed by atoms with van der Waals surface area (Å²) in [6.45, 7) is 0.156. The molecule has 0 radical (unpaired) electrons. The number of terminal acetylenes is 1. The molecule has 0 saturated heterocycles. The minimum atomic E-state index is -0.252. The lowest BCUT2D eigenvalue weighted by molar-refractivity contribution is 0.659. The molecule has 1 aromatic heterocycles. The van der Waals surface area contributed by atoms with Crippen LogP contribution in [-0.2, 0) is 6.54 Å². The predicted octanol–water partition coefficient (Wildman–Crippen LogP) is 2.23. The highest BCUT2D eigenvalue weighted by atomic mass is 35.5. The lowest BCUT2D eigenvalue weighted by Crippen LogP contribution is -2.29.